The Morgan fingerprint density at radius 1 is 1.00 bits per heavy atom. The van der Waals surface area contributed by atoms with E-state index >= 15 is 0 Å². The van der Waals surface area contributed by atoms with Crippen LogP contribution in [0, 0.1) is 5.41 Å². The van der Waals surface area contributed by atoms with Crippen LogP contribution in [0.3, 0.4) is 0 Å². The minimum Gasteiger partial charge on any atom is -0.298 e. The van der Waals surface area contributed by atoms with Crippen molar-refractivity contribution in [3.63, 3.8) is 0 Å². The Bertz CT molecular complexity index is 1000. The fourth-order valence-electron chi connectivity index (χ4n) is 3.39. The maximum Gasteiger partial charge on any atom is 0.257 e. The lowest BCUT2D eigenvalue weighted by molar-refractivity contribution is 0.0915. The van der Waals surface area contributed by atoms with Crippen molar-refractivity contribution in [2.75, 3.05) is 5.32 Å². The number of amides is 1. The van der Waals surface area contributed by atoms with Crippen molar-refractivity contribution in [2.24, 2.45) is 5.41 Å². The first kappa shape index (κ1) is 17.6. The van der Waals surface area contributed by atoms with Gasteiger partial charge in [-0.05, 0) is 35.1 Å². The summed E-state index contributed by atoms with van der Waals surface area (Å²) in [5, 5.41) is 3.33. The maximum atomic E-state index is 12.6. The van der Waals surface area contributed by atoms with Crippen LogP contribution in [0.5, 0.6) is 0 Å². The van der Waals surface area contributed by atoms with Crippen molar-refractivity contribution in [1.29, 1.82) is 0 Å². The van der Waals surface area contributed by atoms with Crippen molar-refractivity contribution in [3.8, 4) is 11.1 Å². The van der Waals surface area contributed by atoms with Gasteiger partial charge in [-0.15, -0.1) is 0 Å². The van der Waals surface area contributed by atoms with Gasteiger partial charge in [0, 0.05) is 12.0 Å². The summed E-state index contributed by atoms with van der Waals surface area (Å²) in [6.07, 6.45) is 1.28. The molecule has 27 heavy (non-hydrogen) atoms. The molecule has 5 heteroatoms. The SMILES string of the molecule is CC1(C)CC(=O)c2sc(NC(=O)c3ccc(-c4ccccc4)cc3)nc2C1. The minimum absolute atomic E-state index is 0.0767. The van der Waals surface area contributed by atoms with Gasteiger partial charge in [-0.3, -0.25) is 14.9 Å². The largest absolute Gasteiger partial charge is 0.298 e. The van der Waals surface area contributed by atoms with Crippen LogP contribution in [-0.2, 0) is 6.42 Å². The molecule has 1 heterocycles. The molecule has 0 spiro atoms. The number of Topliss-reactive ketones (excluding diaryl/α,β-unsaturated/α-hetero) is 1. The first-order valence-corrected chi connectivity index (χ1v) is 9.73. The van der Waals surface area contributed by atoms with E-state index in [9.17, 15) is 9.59 Å². The van der Waals surface area contributed by atoms with Crippen LogP contribution in [0.2, 0.25) is 0 Å². The molecule has 1 aromatic heterocycles. The van der Waals surface area contributed by atoms with E-state index in [0.29, 0.717) is 22.0 Å². The number of ketones is 1. The Morgan fingerprint density at radius 2 is 1.67 bits per heavy atom. The fraction of sp³-hybridized carbons (Fsp3) is 0.227. The molecular formula is C22H20N2O2S. The lowest BCUT2D eigenvalue weighted by Crippen LogP contribution is -2.26. The molecule has 4 nitrogen and oxygen atoms in total. The van der Waals surface area contributed by atoms with Crippen molar-refractivity contribution in [3.05, 3.63) is 70.7 Å². The van der Waals surface area contributed by atoms with Crippen molar-refractivity contribution >= 4 is 28.2 Å². The van der Waals surface area contributed by atoms with Crippen LogP contribution in [0.25, 0.3) is 11.1 Å². The number of aromatic nitrogens is 1. The van der Waals surface area contributed by atoms with E-state index in [1.54, 1.807) is 12.1 Å². The molecule has 0 radical (unpaired) electrons. The van der Waals surface area contributed by atoms with E-state index in [-0.39, 0.29) is 17.1 Å². The van der Waals surface area contributed by atoms with E-state index in [1.165, 1.54) is 11.3 Å². The summed E-state index contributed by atoms with van der Waals surface area (Å²) in [6.45, 7) is 4.14. The number of carbonyl (C=O) groups is 2. The average molecular weight is 376 g/mol. The number of nitrogens with zero attached hydrogens (tertiary/aromatic N) is 1. The second-order valence-electron chi connectivity index (χ2n) is 7.63. The average Bonchev–Trinajstić information content (AvgIpc) is 3.04. The first-order chi connectivity index (χ1) is 12.9. The highest BCUT2D eigenvalue weighted by Crippen LogP contribution is 2.38. The molecule has 3 aromatic rings. The molecule has 1 aliphatic carbocycles. The third-order valence-corrected chi connectivity index (χ3v) is 5.76. The van der Waals surface area contributed by atoms with Gasteiger partial charge in [-0.25, -0.2) is 4.98 Å². The molecule has 0 saturated heterocycles. The summed E-state index contributed by atoms with van der Waals surface area (Å²) < 4.78 is 0. The van der Waals surface area contributed by atoms with Gasteiger partial charge >= 0.3 is 0 Å². The van der Waals surface area contributed by atoms with E-state index in [2.05, 4.69) is 24.1 Å². The van der Waals surface area contributed by atoms with Crippen LogP contribution < -0.4 is 5.32 Å². The predicted molar refractivity (Wildman–Crippen MR) is 108 cm³/mol. The third-order valence-electron chi connectivity index (χ3n) is 4.71. The summed E-state index contributed by atoms with van der Waals surface area (Å²) in [5.74, 6) is -0.0983. The fourth-order valence-corrected chi connectivity index (χ4v) is 4.30. The summed E-state index contributed by atoms with van der Waals surface area (Å²) in [5.41, 5.74) is 3.46. The number of anilines is 1. The number of nitrogens with one attached hydrogen (secondary N) is 1. The van der Waals surface area contributed by atoms with E-state index in [0.717, 1.165) is 23.2 Å². The Morgan fingerprint density at radius 3 is 2.37 bits per heavy atom. The zero-order chi connectivity index (χ0) is 19.0. The predicted octanol–water partition coefficient (Wildman–Crippen LogP) is 5.22. The van der Waals surface area contributed by atoms with Gasteiger partial charge in [-0.2, -0.15) is 0 Å². The molecule has 2 aromatic carbocycles. The zero-order valence-electron chi connectivity index (χ0n) is 15.3. The lowest BCUT2D eigenvalue weighted by Gasteiger charge is -2.26. The molecule has 0 aliphatic heterocycles. The Kier molecular flexibility index (Phi) is 4.40. The van der Waals surface area contributed by atoms with Crippen LogP contribution in [0.4, 0.5) is 5.13 Å². The van der Waals surface area contributed by atoms with Gasteiger partial charge in [0.05, 0.1) is 10.6 Å². The number of rotatable bonds is 3. The van der Waals surface area contributed by atoms with E-state index < -0.39 is 0 Å². The topological polar surface area (TPSA) is 59.1 Å². The quantitative estimate of drug-likeness (QED) is 0.682. The highest BCUT2D eigenvalue weighted by molar-refractivity contribution is 7.17. The Balaban J connectivity index is 1.51. The molecule has 0 bridgehead atoms. The van der Waals surface area contributed by atoms with Gasteiger partial charge in [0.25, 0.3) is 5.91 Å². The molecule has 136 valence electrons. The Hall–Kier alpha value is -2.79. The molecule has 1 aliphatic rings. The van der Waals surface area contributed by atoms with Crippen LogP contribution in [-0.4, -0.2) is 16.7 Å². The molecule has 0 unspecified atom stereocenters. The van der Waals surface area contributed by atoms with Crippen LogP contribution in [0.15, 0.2) is 54.6 Å². The molecule has 0 saturated carbocycles. The second kappa shape index (κ2) is 6.74. The number of hydrogen-bond donors (Lipinski definition) is 1. The van der Waals surface area contributed by atoms with Gasteiger partial charge < -0.3 is 0 Å². The molecular weight excluding hydrogens is 356 g/mol. The second-order valence-corrected chi connectivity index (χ2v) is 8.63. The molecule has 1 amide bonds. The normalized spacial score (nSPS) is 15.3. The van der Waals surface area contributed by atoms with Crippen molar-refractivity contribution in [1.82, 2.24) is 4.98 Å². The van der Waals surface area contributed by atoms with Crippen LogP contribution >= 0.6 is 11.3 Å². The van der Waals surface area contributed by atoms with Crippen LogP contribution in [0.1, 0.15) is 46.0 Å². The summed E-state index contributed by atoms with van der Waals surface area (Å²) in [6, 6.07) is 17.5. The highest BCUT2D eigenvalue weighted by Gasteiger charge is 2.34. The van der Waals surface area contributed by atoms with E-state index in [1.807, 2.05) is 42.5 Å². The number of carbonyl (C=O) groups excluding carboxylic acids is 2. The summed E-state index contributed by atoms with van der Waals surface area (Å²) >= 11 is 1.27. The van der Waals surface area contributed by atoms with Crippen molar-refractivity contribution in [2.45, 2.75) is 26.7 Å². The number of thiazole rings is 1. The minimum atomic E-state index is -0.215. The van der Waals surface area contributed by atoms with Crippen molar-refractivity contribution < 1.29 is 9.59 Å². The first-order valence-electron chi connectivity index (χ1n) is 8.91. The molecule has 0 atom stereocenters. The molecule has 1 N–H and O–H groups in total. The zero-order valence-corrected chi connectivity index (χ0v) is 16.1. The Labute approximate surface area is 162 Å². The lowest BCUT2D eigenvalue weighted by atomic mass is 9.78. The number of hydrogen-bond acceptors (Lipinski definition) is 4. The van der Waals surface area contributed by atoms with Gasteiger partial charge in [0.15, 0.2) is 10.9 Å². The van der Waals surface area contributed by atoms with Gasteiger partial charge in [0.1, 0.15) is 0 Å². The smallest absolute Gasteiger partial charge is 0.257 e. The maximum absolute atomic E-state index is 12.6. The molecule has 4 rings (SSSR count). The number of fused-ring (bicyclic) bond motifs is 1. The summed E-state index contributed by atoms with van der Waals surface area (Å²) in [4.78, 5) is 30.0. The monoisotopic (exact) mass is 376 g/mol. The number of benzene rings is 2. The standard InChI is InChI=1S/C22H20N2O2S/c1-22(2)12-17-19(18(25)13-22)27-21(23-17)24-20(26)16-10-8-15(9-11-16)14-6-4-3-5-7-14/h3-11H,12-13H2,1-2H3,(H,23,24,26). The van der Waals surface area contributed by atoms with Gasteiger partial charge in [0.2, 0.25) is 0 Å². The van der Waals surface area contributed by atoms with E-state index in [4.69, 9.17) is 0 Å². The highest BCUT2D eigenvalue weighted by atomic mass is 32.1. The van der Waals surface area contributed by atoms with Gasteiger partial charge in [-0.1, -0.05) is 67.6 Å². The molecule has 0 fully saturated rings. The summed E-state index contributed by atoms with van der Waals surface area (Å²) in [7, 11) is 0. The third kappa shape index (κ3) is 3.69.